The number of nitrogens with zero attached hydrogens (tertiary/aromatic N) is 4. The minimum Gasteiger partial charge on any atom is -0.373 e. The summed E-state index contributed by atoms with van der Waals surface area (Å²) in [5.74, 6) is 2.56. The zero-order valence-electron chi connectivity index (χ0n) is 15.1. The highest BCUT2D eigenvalue weighted by molar-refractivity contribution is 5.79. The van der Waals surface area contributed by atoms with E-state index in [4.69, 9.17) is 4.74 Å². The van der Waals surface area contributed by atoms with Crippen LogP contribution in [0.3, 0.4) is 0 Å². The van der Waals surface area contributed by atoms with Crippen molar-refractivity contribution < 1.29 is 4.74 Å². The summed E-state index contributed by atoms with van der Waals surface area (Å²) in [5, 5.41) is 6.66. The Hall–Kier alpha value is -2.41. The molecule has 1 saturated heterocycles. The average Bonchev–Trinajstić information content (AvgIpc) is 3.24. The van der Waals surface area contributed by atoms with Crippen LogP contribution in [0.1, 0.15) is 31.2 Å². The van der Waals surface area contributed by atoms with Gasteiger partial charge in [-0.3, -0.25) is 9.56 Å². The Morgan fingerprint density at radius 1 is 1.36 bits per heavy atom. The minimum absolute atomic E-state index is 0.0938. The monoisotopic (exact) mass is 342 g/mol. The van der Waals surface area contributed by atoms with E-state index in [0.717, 1.165) is 49.2 Å². The molecule has 25 heavy (non-hydrogen) atoms. The molecule has 0 aliphatic carbocycles. The number of rotatable bonds is 5. The molecule has 2 aromatic rings. The zero-order valence-corrected chi connectivity index (χ0v) is 15.1. The first-order valence-electron chi connectivity index (χ1n) is 8.63. The molecule has 1 aliphatic rings. The molecule has 1 aliphatic heterocycles. The fourth-order valence-electron chi connectivity index (χ4n) is 2.94. The molecule has 2 N–H and O–H groups in total. The molecule has 3 heterocycles. The molecule has 0 amide bonds. The average molecular weight is 342 g/mol. The quantitative estimate of drug-likeness (QED) is 0.640. The van der Waals surface area contributed by atoms with Crippen LogP contribution in [0.5, 0.6) is 0 Å². The predicted octanol–water partition coefficient (Wildman–Crippen LogP) is 1.81. The minimum atomic E-state index is -0.0938. The Kier molecular flexibility index (Phi) is 5.33. The number of hydrogen-bond donors (Lipinski definition) is 2. The van der Waals surface area contributed by atoms with Crippen LogP contribution in [0.15, 0.2) is 35.7 Å². The predicted molar refractivity (Wildman–Crippen MR) is 97.9 cm³/mol. The number of pyridine rings is 1. The largest absolute Gasteiger partial charge is 0.373 e. The van der Waals surface area contributed by atoms with Crippen LogP contribution < -0.4 is 10.6 Å². The summed E-state index contributed by atoms with van der Waals surface area (Å²) in [4.78, 5) is 13.0. The van der Waals surface area contributed by atoms with Crippen LogP contribution in [0.25, 0.3) is 5.82 Å². The summed E-state index contributed by atoms with van der Waals surface area (Å²) in [6.45, 7) is 6.36. The molecule has 0 saturated carbocycles. The third-order valence-electron chi connectivity index (χ3n) is 4.50. The van der Waals surface area contributed by atoms with Gasteiger partial charge in [-0.05, 0) is 38.3 Å². The van der Waals surface area contributed by atoms with Crippen molar-refractivity contribution in [3.8, 4) is 5.82 Å². The van der Waals surface area contributed by atoms with Crippen LogP contribution in [-0.2, 0) is 11.3 Å². The van der Waals surface area contributed by atoms with Crippen molar-refractivity contribution in [1.29, 1.82) is 0 Å². The third-order valence-corrected chi connectivity index (χ3v) is 4.50. The van der Waals surface area contributed by atoms with Crippen LogP contribution in [-0.4, -0.2) is 46.3 Å². The van der Waals surface area contributed by atoms with Gasteiger partial charge >= 0.3 is 0 Å². The standard InChI is InChI=1S/C18H26N6O/c1-14-20-8-9-24(14)16-6-5-15(11-21-16)12-22-17(19-3)23-13-18(2)7-4-10-25-18/h5-6,8-9,11H,4,7,10,12-13H2,1-3H3,(H2,19,22,23). The number of ether oxygens (including phenoxy) is 1. The molecule has 0 spiro atoms. The fourth-order valence-corrected chi connectivity index (χ4v) is 2.94. The number of aryl methyl sites for hydroxylation is 1. The Balaban J connectivity index is 1.52. The molecule has 7 nitrogen and oxygen atoms in total. The molecule has 2 aromatic heterocycles. The first kappa shape index (κ1) is 17.4. The smallest absolute Gasteiger partial charge is 0.191 e. The number of imidazole rings is 1. The lowest BCUT2D eigenvalue weighted by Gasteiger charge is -2.24. The number of aliphatic imine (C=N–C) groups is 1. The Morgan fingerprint density at radius 2 is 2.24 bits per heavy atom. The maximum absolute atomic E-state index is 5.79. The lowest BCUT2D eigenvalue weighted by atomic mass is 10.0. The maximum atomic E-state index is 5.79. The fraction of sp³-hybridized carbons (Fsp3) is 0.500. The summed E-state index contributed by atoms with van der Waals surface area (Å²) in [7, 11) is 1.77. The van der Waals surface area contributed by atoms with E-state index in [9.17, 15) is 0 Å². The molecule has 0 radical (unpaired) electrons. The molecule has 0 aromatic carbocycles. The van der Waals surface area contributed by atoms with Crippen molar-refractivity contribution in [3.05, 3.63) is 42.1 Å². The molecule has 0 bridgehead atoms. The van der Waals surface area contributed by atoms with Gasteiger partial charge in [0.15, 0.2) is 5.96 Å². The maximum Gasteiger partial charge on any atom is 0.191 e. The summed E-state index contributed by atoms with van der Waals surface area (Å²) in [6, 6.07) is 4.05. The summed E-state index contributed by atoms with van der Waals surface area (Å²) in [5.41, 5.74) is 0.997. The van der Waals surface area contributed by atoms with Crippen molar-refractivity contribution in [3.63, 3.8) is 0 Å². The van der Waals surface area contributed by atoms with Crippen LogP contribution in [0.4, 0.5) is 0 Å². The van der Waals surface area contributed by atoms with Gasteiger partial charge in [0.25, 0.3) is 0 Å². The molecule has 1 atom stereocenters. The molecule has 1 fully saturated rings. The SMILES string of the molecule is CN=C(NCc1ccc(-n2ccnc2C)nc1)NCC1(C)CCCO1. The molecule has 7 heteroatoms. The van der Waals surface area contributed by atoms with Gasteiger partial charge in [0.1, 0.15) is 11.6 Å². The zero-order chi connectivity index (χ0) is 17.7. The van der Waals surface area contributed by atoms with E-state index in [2.05, 4.69) is 38.6 Å². The summed E-state index contributed by atoms with van der Waals surface area (Å²) < 4.78 is 7.75. The van der Waals surface area contributed by atoms with Gasteiger partial charge in [-0.15, -0.1) is 0 Å². The second-order valence-corrected chi connectivity index (χ2v) is 6.55. The van der Waals surface area contributed by atoms with Crippen LogP contribution >= 0.6 is 0 Å². The highest BCUT2D eigenvalue weighted by Gasteiger charge is 2.29. The lowest BCUT2D eigenvalue weighted by molar-refractivity contribution is 0.0243. The molecule has 134 valence electrons. The molecular formula is C18H26N6O. The van der Waals surface area contributed by atoms with E-state index in [-0.39, 0.29) is 5.60 Å². The van der Waals surface area contributed by atoms with Crippen LogP contribution in [0.2, 0.25) is 0 Å². The van der Waals surface area contributed by atoms with Gasteiger partial charge in [0.05, 0.1) is 5.60 Å². The molecule has 1 unspecified atom stereocenters. The normalized spacial score (nSPS) is 20.7. The van der Waals surface area contributed by atoms with Gasteiger partial charge in [-0.25, -0.2) is 9.97 Å². The summed E-state index contributed by atoms with van der Waals surface area (Å²) >= 11 is 0. The van der Waals surface area contributed by atoms with E-state index < -0.39 is 0 Å². The Bertz CT molecular complexity index is 715. The molecular weight excluding hydrogens is 316 g/mol. The third kappa shape index (κ3) is 4.36. The van der Waals surface area contributed by atoms with Crippen LogP contribution in [0, 0.1) is 6.92 Å². The Morgan fingerprint density at radius 3 is 2.84 bits per heavy atom. The van der Waals surface area contributed by atoms with Gasteiger partial charge < -0.3 is 15.4 Å². The second-order valence-electron chi connectivity index (χ2n) is 6.55. The number of hydrogen-bond acceptors (Lipinski definition) is 4. The van der Waals surface area contributed by atoms with Crippen molar-refractivity contribution in [2.45, 2.75) is 38.8 Å². The van der Waals surface area contributed by atoms with Gasteiger partial charge in [0, 0.05) is 45.3 Å². The topological polar surface area (TPSA) is 76.4 Å². The first-order chi connectivity index (χ1) is 12.1. The van der Waals surface area contributed by atoms with E-state index in [1.54, 1.807) is 13.2 Å². The number of aromatic nitrogens is 3. The van der Waals surface area contributed by atoms with E-state index in [1.165, 1.54) is 0 Å². The van der Waals surface area contributed by atoms with E-state index in [1.807, 2.05) is 30.0 Å². The summed E-state index contributed by atoms with van der Waals surface area (Å²) in [6.07, 6.45) is 7.76. The highest BCUT2D eigenvalue weighted by atomic mass is 16.5. The first-order valence-corrected chi connectivity index (χ1v) is 8.63. The van der Waals surface area contributed by atoms with Crippen molar-refractivity contribution in [1.82, 2.24) is 25.2 Å². The Labute approximate surface area is 148 Å². The van der Waals surface area contributed by atoms with E-state index in [0.29, 0.717) is 6.54 Å². The van der Waals surface area contributed by atoms with Gasteiger partial charge in [-0.1, -0.05) is 6.07 Å². The van der Waals surface area contributed by atoms with Crippen molar-refractivity contribution >= 4 is 5.96 Å². The lowest BCUT2D eigenvalue weighted by Crippen LogP contribution is -2.45. The number of guanidine groups is 1. The van der Waals surface area contributed by atoms with Crippen molar-refractivity contribution in [2.24, 2.45) is 4.99 Å². The number of nitrogens with one attached hydrogen (secondary N) is 2. The van der Waals surface area contributed by atoms with E-state index >= 15 is 0 Å². The van der Waals surface area contributed by atoms with Gasteiger partial charge in [-0.2, -0.15) is 0 Å². The molecule has 3 rings (SSSR count). The highest BCUT2D eigenvalue weighted by Crippen LogP contribution is 2.23. The van der Waals surface area contributed by atoms with Gasteiger partial charge in [0.2, 0.25) is 0 Å². The van der Waals surface area contributed by atoms with Crippen molar-refractivity contribution in [2.75, 3.05) is 20.2 Å². The second kappa shape index (κ2) is 7.65.